The zero-order valence-electron chi connectivity index (χ0n) is 11.8. The smallest absolute Gasteiger partial charge is 0.252 e. The van der Waals surface area contributed by atoms with Crippen LogP contribution in [0.5, 0.6) is 0 Å². The van der Waals surface area contributed by atoms with Crippen molar-refractivity contribution in [2.24, 2.45) is 0 Å². The van der Waals surface area contributed by atoms with Gasteiger partial charge in [0.1, 0.15) is 5.82 Å². The lowest BCUT2D eigenvalue weighted by molar-refractivity contribution is 0.0299. The lowest BCUT2D eigenvalue weighted by Crippen LogP contribution is -2.29. The van der Waals surface area contributed by atoms with Crippen LogP contribution in [0.1, 0.15) is 42.5 Å². The Hall–Kier alpha value is -1.14. The van der Waals surface area contributed by atoms with Gasteiger partial charge in [0.15, 0.2) is 0 Å². The van der Waals surface area contributed by atoms with Crippen molar-refractivity contribution in [2.45, 2.75) is 38.2 Å². The molecule has 1 aromatic carbocycles. The van der Waals surface area contributed by atoms with Crippen LogP contribution in [-0.4, -0.2) is 25.2 Å². The van der Waals surface area contributed by atoms with Gasteiger partial charge in [0.2, 0.25) is 0 Å². The van der Waals surface area contributed by atoms with Gasteiger partial charge in [-0.2, -0.15) is 0 Å². The van der Waals surface area contributed by atoms with Crippen molar-refractivity contribution in [2.75, 3.05) is 18.9 Å². The van der Waals surface area contributed by atoms with E-state index in [9.17, 15) is 9.18 Å². The molecule has 6 heteroatoms. The van der Waals surface area contributed by atoms with Gasteiger partial charge in [-0.25, -0.2) is 4.39 Å². The lowest BCUT2D eigenvalue weighted by Gasteiger charge is -2.22. The second kappa shape index (κ2) is 7.75. The fraction of sp³-hybridized carbons (Fsp3) is 0.533. The zero-order valence-corrected chi connectivity index (χ0v) is 13.4. The van der Waals surface area contributed by atoms with E-state index in [0.29, 0.717) is 29.3 Å². The van der Waals surface area contributed by atoms with E-state index in [4.69, 9.17) is 10.5 Å². The van der Waals surface area contributed by atoms with E-state index in [1.807, 2.05) is 0 Å². The van der Waals surface area contributed by atoms with Crippen molar-refractivity contribution in [3.8, 4) is 0 Å². The molecular weight excluding hydrogens is 339 g/mol. The largest absolute Gasteiger partial charge is 0.396 e. The van der Waals surface area contributed by atoms with Crippen molar-refractivity contribution >= 4 is 27.5 Å². The number of amides is 1. The third-order valence-electron chi connectivity index (χ3n) is 3.62. The summed E-state index contributed by atoms with van der Waals surface area (Å²) in [6.45, 7) is 0.920. The summed E-state index contributed by atoms with van der Waals surface area (Å²) in [5.74, 6) is -0.833. The molecular formula is C15H20BrFN2O2. The van der Waals surface area contributed by atoms with Crippen LogP contribution in [0.25, 0.3) is 0 Å². The molecule has 0 atom stereocenters. The van der Waals surface area contributed by atoms with Crippen LogP contribution in [0.15, 0.2) is 16.6 Å². The first-order chi connectivity index (χ1) is 10.1. The predicted octanol–water partition coefficient (Wildman–Crippen LogP) is 3.25. The molecule has 3 N–H and O–H groups in total. The van der Waals surface area contributed by atoms with Crippen LogP contribution in [-0.2, 0) is 4.74 Å². The third kappa shape index (κ3) is 4.68. The number of hydrogen-bond acceptors (Lipinski definition) is 3. The molecule has 1 aromatic rings. The maximum absolute atomic E-state index is 13.2. The fourth-order valence-corrected chi connectivity index (χ4v) is 2.95. The van der Waals surface area contributed by atoms with Gasteiger partial charge < -0.3 is 15.8 Å². The Labute approximate surface area is 132 Å². The van der Waals surface area contributed by atoms with Crippen molar-refractivity contribution in [3.05, 3.63) is 28.0 Å². The van der Waals surface area contributed by atoms with Crippen molar-refractivity contribution in [1.29, 1.82) is 0 Å². The van der Waals surface area contributed by atoms with Crippen LogP contribution in [0.4, 0.5) is 10.1 Å². The highest BCUT2D eigenvalue weighted by Gasteiger charge is 2.15. The zero-order chi connectivity index (χ0) is 15.2. The standard InChI is InChI=1S/C15H20BrFN2O2/c16-12-9-13(17)14(18)8-11(12)15(20)19-6-7-21-10-4-2-1-3-5-10/h8-10H,1-7,18H2,(H,19,20). The maximum Gasteiger partial charge on any atom is 0.252 e. The molecule has 0 heterocycles. The number of rotatable bonds is 5. The quantitative estimate of drug-likeness (QED) is 0.627. The van der Waals surface area contributed by atoms with Crippen LogP contribution in [0.3, 0.4) is 0 Å². The summed E-state index contributed by atoms with van der Waals surface area (Å²) in [6, 6.07) is 2.53. The molecule has 2 rings (SSSR count). The van der Waals surface area contributed by atoms with Gasteiger partial charge in [-0.1, -0.05) is 19.3 Å². The van der Waals surface area contributed by atoms with Crippen molar-refractivity contribution in [3.63, 3.8) is 0 Å². The Morgan fingerprint density at radius 1 is 1.38 bits per heavy atom. The monoisotopic (exact) mass is 358 g/mol. The Morgan fingerprint density at radius 3 is 2.81 bits per heavy atom. The number of carbonyl (C=O) groups excluding carboxylic acids is 1. The van der Waals surface area contributed by atoms with Crippen molar-refractivity contribution in [1.82, 2.24) is 5.32 Å². The van der Waals surface area contributed by atoms with E-state index in [-0.39, 0.29) is 11.6 Å². The minimum absolute atomic E-state index is 0.0400. The molecule has 1 aliphatic rings. The van der Waals surface area contributed by atoms with Gasteiger partial charge in [-0.3, -0.25) is 4.79 Å². The summed E-state index contributed by atoms with van der Waals surface area (Å²) in [5.41, 5.74) is 5.76. The molecule has 1 fully saturated rings. The molecule has 0 saturated heterocycles. The first kappa shape index (κ1) is 16.2. The number of halogens is 2. The summed E-state index contributed by atoms with van der Waals surface area (Å²) in [5, 5.41) is 2.75. The lowest BCUT2D eigenvalue weighted by atomic mass is 9.98. The van der Waals surface area contributed by atoms with Gasteiger partial charge in [0.25, 0.3) is 5.91 Å². The van der Waals surface area contributed by atoms with E-state index >= 15 is 0 Å². The summed E-state index contributed by atoms with van der Waals surface area (Å²) in [6.07, 6.45) is 6.26. The van der Waals surface area contributed by atoms with E-state index < -0.39 is 5.82 Å². The SMILES string of the molecule is Nc1cc(C(=O)NCCOC2CCCCC2)c(Br)cc1F. The molecule has 116 valence electrons. The average molecular weight is 359 g/mol. The minimum Gasteiger partial charge on any atom is -0.396 e. The number of benzene rings is 1. The number of nitrogens with two attached hydrogens (primary N) is 1. The summed E-state index contributed by atoms with van der Waals surface area (Å²) in [4.78, 5) is 12.0. The fourth-order valence-electron chi connectivity index (χ4n) is 2.46. The highest BCUT2D eigenvalue weighted by Crippen LogP contribution is 2.23. The van der Waals surface area contributed by atoms with Crippen LogP contribution in [0, 0.1) is 5.82 Å². The first-order valence-electron chi connectivity index (χ1n) is 7.22. The summed E-state index contributed by atoms with van der Waals surface area (Å²) >= 11 is 3.17. The number of carbonyl (C=O) groups is 1. The normalized spacial score (nSPS) is 15.9. The Bertz CT molecular complexity index is 505. The Balaban J connectivity index is 1.78. The summed E-state index contributed by atoms with van der Waals surface area (Å²) < 4.78 is 19.3. The first-order valence-corrected chi connectivity index (χ1v) is 8.01. The number of ether oxygens (including phenoxy) is 1. The molecule has 0 aromatic heterocycles. The van der Waals surface area contributed by atoms with Crippen LogP contribution in [0.2, 0.25) is 0 Å². The van der Waals surface area contributed by atoms with Gasteiger partial charge in [-0.05, 0) is 40.9 Å². The number of nitrogens with one attached hydrogen (secondary N) is 1. The highest BCUT2D eigenvalue weighted by molar-refractivity contribution is 9.10. The third-order valence-corrected chi connectivity index (χ3v) is 4.28. The molecule has 1 amide bonds. The molecule has 21 heavy (non-hydrogen) atoms. The van der Waals surface area contributed by atoms with Gasteiger partial charge in [0.05, 0.1) is 24.0 Å². The van der Waals surface area contributed by atoms with E-state index in [0.717, 1.165) is 12.8 Å². The van der Waals surface area contributed by atoms with Gasteiger partial charge in [-0.15, -0.1) is 0 Å². The average Bonchev–Trinajstić information content (AvgIpc) is 2.48. The van der Waals surface area contributed by atoms with Gasteiger partial charge >= 0.3 is 0 Å². The molecule has 0 radical (unpaired) electrons. The second-order valence-corrected chi connectivity index (χ2v) is 6.09. The minimum atomic E-state index is -0.543. The number of nitrogen functional groups attached to an aromatic ring is 1. The van der Waals surface area contributed by atoms with Crippen LogP contribution >= 0.6 is 15.9 Å². The molecule has 4 nitrogen and oxygen atoms in total. The summed E-state index contributed by atoms with van der Waals surface area (Å²) in [7, 11) is 0. The highest BCUT2D eigenvalue weighted by atomic mass is 79.9. The molecule has 0 bridgehead atoms. The van der Waals surface area contributed by atoms with Crippen LogP contribution < -0.4 is 11.1 Å². The Morgan fingerprint density at radius 2 is 2.10 bits per heavy atom. The molecule has 0 unspecified atom stereocenters. The van der Waals surface area contributed by atoms with Crippen molar-refractivity contribution < 1.29 is 13.9 Å². The van der Waals surface area contributed by atoms with E-state index in [1.54, 1.807) is 0 Å². The molecule has 1 saturated carbocycles. The Kier molecular flexibility index (Phi) is 5.99. The molecule has 1 aliphatic carbocycles. The number of anilines is 1. The van der Waals surface area contributed by atoms with E-state index in [1.165, 1.54) is 31.4 Å². The predicted molar refractivity (Wildman–Crippen MR) is 83.7 cm³/mol. The van der Waals surface area contributed by atoms with E-state index in [2.05, 4.69) is 21.2 Å². The van der Waals surface area contributed by atoms with Gasteiger partial charge in [0, 0.05) is 11.0 Å². The maximum atomic E-state index is 13.2. The number of hydrogen-bond donors (Lipinski definition) is 2. The molecule has 0 aliphatic heterocycles. The topological polar surface area (TPSA) is 64.4 Å². The second-order valence-electron chi connectivity index (χ2n) is 5.24. The molecule has 0 spiro atoms.